The minimum Gasteiger partial charge on any atom is -0.312 e. The minimum absolute atomic E-state index is 0.137. The summed E-state index contributed by atoms with van der Waals surface area (Å²) in [5, 5.41) is 12.0. The summed E-state index contributed by atoms with van der Waals surface area (Å²) in [4.78, 5) is 25.6. The fraction of sp³-hybridized carbons (Fsp3) is 0.333. The number of anilines is 2. The first kappa shape index (κ1) is 14.6. The first-order valence-electron chi connectivity index (χ1n) is 7.21. The maximum atomic E-state index is 12.2. The molecule has 0 bridgehead atoms. The van der Waals surface area contributed by atoms with Gasteiger partial charge in [0.25, 0.3) is 5.91 Å². The molecule has 2 amide bonds. The Morgan fingerprint density at radius 3 is 2.68 bits per heavy atom. The highest BCUT2D eigenvalue weighted by molar-refractivity contribution is 7.15. The van der Waals surface area contributed by atoms with Crippen LogP contribution in [0.15, 0.2) is 24.3 Å². The van der Waals surface area contributed by atoms with Crippen LogP contribution in [-0.4, -0.2) is 28.6 Å². The number of aromatic nitrogens is 2. The molecule has 1 aromatic heterocycles. The zero-order chi connectivity index (χ0) is 15.5. The highest BCUT2D eigenvalue weighted by Gasteiger charge is 2.21. The van der Waals surface area contributed by atoms with Crippen LogP contribution in [0, 0.1) is 0 Å². The normalized spacial score (nSPS) is 14.4. The third kappa shape index (κ3) is 2.99. The molecule has 0 spiro atoms. The standard InChI is InChI=1S/C15H16N4O2S/c1-2-12-17-18-15(22-12)16-14(21)10-5-7-11(8-6-10)19-9-3-4-13(19)20/h5-8H,2-4,9H2,1H3,(H,16,18,21). The molecule has 0 radical (unpaired) electrons. The van der Waals surface area contributed by atoms with Gasteiger partial charge in [-0.3, -0.25) is 14.9 Å². The largest absolute Gasteiger partial charge is 0.312 e. The lowest BCUT2D eigenvalue weighted by molar-refractivity contribution is -0.117. The molecule has 1 aliphatic heterocycles. The van der Waals surface area contributed by atoms with Crippen LogP contribution in [0.5, 0.6) is 0 Å². The van der Waals surface area contributed by atoms with E-state index in [4.69, 9.17) is 0 Å². The van der Waals surface area contributed by atoms with Crippen molar-refractivity contribution in [1.29, 1.82) is 0 Å². The average molecular weight is 316 g/mol. The van der Waals surface area contributed by atoms with Gasteiger partial charge in [-0.1, -0.05) is 18.3 Å². The maximum absolute atomic E-state index is 12.2. The Balaban J connectivity index is 1.69. The lowest BCUT2D eigenvalue weighted by Crippen LogP contribution is -2.23. The molecule has 0 atom stereocenters. The smallest absolute Gasteiger partial charge is 0.257 e. The molecule has 1 aliphatic rings. The molecule has 22 heavy (non-hydrogen) atoms. The van der Waals surface area contributed by atoms with Gasteiger partial charge in [0, 0.05) is 24.2 Å². The van der Waals surface area contributed by atoms with E-state index in [2.05, 4.69) is 15.5 Å². The van der Waals surface area contributed by atoms with Gasteiger partial charge in [-0.25, -0.2) is 0 Å². The number of carbonyl (C=O) groups excluding carboxylic acids is 2. The second-order valence-corrected chi connectivity index (χ2v) is 6.07. The topological polar surface area (TPSA) is 75.2 Å². The Morgan fingerprint density at radius 1 is 1.32 bits per heavy atom. The Kier molecular flexibility index (Phi) is 4.15. The quantitative estimate of drug-likeness (QED) is 0.940. The van der Waals surface area contributed by atoms with Crippen molar-refractivity contribution in [3.8, 4) is 0 Å². The van der Waals surface area contributed by atoms with E-state index < -0.39 is 0 Å². The SMILES string of the molecule is CCc1nnc(NC(=O)c2ccc(N3CCCC3=O)cc2)s1. The number of hydrogen-bond acceptors (Lipinski definition) is 5. The van der Waals surface area contributed by atoms with Gasteiger partial charge in [0.1, 0.15) is 5.01 Å². The third-order valence-electron chi connectivity index (χ3n) is 3.50. The summed E-state index contributed by atoms with van der Waals surface area (Å²) >= 11 is 1.37. The Labute approximate surface area is 132 Å². The molecule has 1 N–H and O–H groups in total. The Bertz CT molecular complexity index is 696. The van der Waals surface area contributed by atoms with E-state index >= 15 is 0 Å². The summed E-state index contributed by atoms with van der Waals surface area (Å²) < 4.78 is 0. The second-order valence-electron chi connectivity index (χ2n) is 5.00. The molecule has 0 unspecified atom stereocenters. The molecular formula is C15H16N4O2S. The van der Waals surface area contributed by atoms with Crippen molar-refractivity contribution >= 4 is 34.0 Å². The van der Waals surface area contributed by atoms with Gasteiger partial charge >= 0.3 is 0 Å². The molecule has 1 saturated heterocycles. The summed E-state index contributed by atoms with van der Waals surface area (Å²) in [7, 11) is 0. The van der Waals surface area contributed by atoms with E-state index in [1.54, 1.807) is 29.2 Å². The molecule has 2 heterocycles. The number of hydrogen-bond donors (Lipinski definition) is 1. The van der Waals surface area contributed by atoms with Crippen LogP contribution in [0.2, 0.25) is 0 Å². The monoisotopic (exact) mass is 316 g/mol. The van der Waals surface area contributed by atoms with Crippen molar-refractivity contribution in [3.63, 3.8) is 0 Å². The van der Waals surface area contributed by atoms with Gasteiger partial charge in [0.15, 0.2) is 0 Å². The lowest BCUT2D eigenvalue weighted by atomic mass is 10.2. The summed E-state index contributed by atoms with van der Waals surface area (Å²) in [5.74, 6) is -0.0868. The van der Waals surface area contributed by atoms with E-state index in [1.165, 1.54) is 11.3 Å². The van der Waals surface area contributed by atoms with Crippen LogP contribution in [0.4, 0.5) is 10.8 Å². The Morgan fingerprint density at radius 2 is 2.09 bits per heavy atom. The highest BCUT2D eigenvalue weighted by Crippen LogP contribution is 2.22. The van der Waals surface area contributed by atoms with Crippen LogP contribution >= 0.6 is 11.3 Å². The maximum Gasteiger partial charge on any atom is 0.257 e. The number of amides is 2. The van der Waals surface area contributed by atoms with Crippen molar-refractivity contribution in [2.24, 2.45) is 0 Å². The van der Waals surface area contributed by atoms with E-state index in [9.17, 15) is 9.59 Å². The number of benzene rings is 1. The first-order chi connectivity index (χ1) is 10.7. The van der Waals surface area contributed by atoms with Gasteiger partial charge in [-0.2, -0.15) is 0 Å². The molecule has 2 aromatic rings. The van der Waals surface area contributed by atoms with Gasteiger partial charge in [-0.15, -0.1) is 10.2 Å². The van der Waals surface area contributed by atoms with Gasteiger partial charge < -0.3 is 4.90 Å². The predicted octanol–water partition coefficient (Wildman–Crippen LogP) is 2.48. The predicted molar refractivity (Wildman–Crippen MR) is 85.3 cm³/mol. The molecule has 6 nitrogen and oxygen atoms in total. The van der Waals surface area contributed by atoms with Crippen molar-refractivity contribution in [1.82, 2.24) is 10.2 Å². The van der Waals surface area contributed by atoms with Crippen LogP contribution in [0.3, 0.4) is 0 Å². The van der Waals surface area contributed by atoms with Gasteiger partial charge in [-0.05, 0) is 37.1 Å². The first-order valence-corrected chi connectivity index (χ1v) is 8.03. The van der Waals surface area contributed by atoms with Crippen molar-refractivity contribution in [2.75, 3.05) is 16.8 Å². The zero-order valence-electron chi connectivity index (χ0n) is 12.2. The van der Waals surface area contributed by atoms with Crippen LogP contribution in [-0.2, 0) is 11.2 Å². The number of rotatable bonds is 4. The minimum atomic E-state index is -0.224. The van der Waals surface area contributed by atoms with E-state index in [-0.39, 0.29) is 11.8 Å². The lowest BCUT2D eigenvalue weighted by Gasteiger charge is -2.15. The molecule has 0 saturated carbocycles. The molecule has 0 aliphatic carbocycles. The molecule has 3 rings (SSSR count). The number of aryl methyl sites for hydroxylation is 1. The number of nitrogens with one attached hydrogen (secondary N) is 1. The van der Waals surface area contributed by atoms with Gasteiger partial charge in [0.2, 0.25) is 11.0 Å². The van der Waals surface area contributed by atoms with Crippen LogP contribution in [0.1, 0.15) is 35.1 Å². The average Bonchev–Trinajstić information content (AvgIpc) is 3.16. The summed E-state index contributed by atoms with van der Waals surface area (Å²) in [6.45, 7) is 2.74. The summed E-state index contributed by atoms with van der Waals surface area (Å²) in [6.07, 6.45) is 2.28. The third-order valence-corrected chi connectivity index (χ3v) is 4.49. The molecule has 114 valence electrons. The summed E-state index contributed by atoms with van der Waals surface area (Å²) in [5.41, 5.74) is 1.37. The van der Waals surface area contributed by atoms with E-state index in [0.29, 0.717) is 17.1 Å². The fourth-order valence-corrected chi connectivity index (χ4v) is 3.00. The van der Waals surface area contributed by atoms with Crippen molar-refractivity contribution in [3.05, 3.63) is 34.8 Å². The van der Waals surface area contributed by atoms with Crippen molar-refractivity contribution in [2.45, 2.75) is 26.2 Å². The highest BCUT2D eigenvalue weighted by atomic mass is 32.1. The summed E-state index contributed by atoms with van der Waals surface area (Å²) in [6, 6.07) is 7.04. The zero-order valence-corrected chi connectivity index (χ0v) is 13.0. The van der Waals surface area contributed by atoms with E-state index in [0.717, 1.165) is 30.1 Å². The van der Waals surface area contributed by atoms with Crippen molar-refractivity contribution < 1.29 is 9.59 Å². The Hall–Kier alpha value is -2.28. The van der Waals surface area contributed by atoms with Crippen LogP contribution in [0.25, 0.3) is 0 Å². The number of nitrogens with zero attached hydrogens (tertiary/aromatic N) is 3. The molecular weight excluding hydrogens is 300 g/mol. The fourth-order valence-electron chi connectivity index (χ4n) is 2.33. The molecule has 1 aromatic carbocycles. The van der Waals surface area contributed by atoms with Gasteiger partial charge in [0.05, 0.1) is 0 Å². The number of carbonyl (C=O) groups is 2. The molecule has 1 fully saturated rings. The second kappa shape index (κ2) is 6.23. The molecule has 7 heteroatoms. The van der Waals surface area contributed by atoms with Crippen LogP contribution < -0.4 is 10.2 Å². The van der Waals surface area contributed by atoms with E-state index in [1.807, 2.05) is 6.92 Å².